The lowest BCUT2D eigenvalue weighted by atomic mass is 10.1. The number of benzene rings is 1. The second-order valence-electron chi connectivity index (χ2n) is 4.26. The van der Waals surface area contributed by atoms with Crippen molar-refractivity contribution in [2.24, 2.45) is 0 Å². The SMILES string of the molecule is COc1ccc(-c2c(Cl)c(C)n(O)c2Cl)c(OC)c1OC. The summed E-state index contributed by atoms with van der Waals surface area (Å²) in [5.74, 6) is 1.37. The van der Waals surface area contributed by atoms with E-state index in [2.05, 4.69) is 0 Å². The van der Waals surface area contributed by atoms with E-state index in [1.54, 1.807) is 19.1 Å². The van der Waals surface area contributed by atoms with Crippen LogP contribution in [0.15, 0.2) is 12.1 Å². The van der Waals surface area contributed by atoms with Gasteiger partial charge in [0.05, 0.1) is 32.0 Å². The largest absolute Gasteiger partial charge is 0.493 e. The Morgan fingerprint density at radius 2 is 1.62 bits per heavy atom. The summed E-state index contributed by atoms with van der Waals surface area (Å²) in [4.78, 5) is 0. The van der Waals surface area contributed by atoms with E-state index in [0.29, 0.717) is 39.1 Å². The second-order valence-corrected chi connectivity index (χ2v) is 4.99. The van der Waals surface area contributed by atoms with E-state index < -0.39 is 0 Å². The summed E-state index contributed by atoms with van der Waals surface area (Å²) in [5, 5.41) is 10.3. The fraction of sp³-hybridized carbons (Fsp3) is 0.286. The summed E-state index contributed by atoms with van der Waals surface area (Å²) in [6.45, 7) is 1.66. The maximum absolute atomic E-state index is 9.86. The van der Waals surface area contributed by atoms with Gasteiger partial charge in [-0.15, -0.1) is 0 Å². The Hall–Kier alpha value is -1.72. The summed E-state index contributed by atoms with van der Waals surface area (Å²) in [7, 11) is 4.55. The molecule has 0 aliphatic carbocycles. The zero-order valence-corrected chi connectivity index (χ0v) is 13.5. The molecule has 1 heterocycles. The highest BCUT2D eigenvalue weighted by atomic mass is 35.5. The summed E-state index contributed by atoms with van der Waals surface area (Å²) in [6, 6.07) is 3.46. The smallest absolute Gasteiger partial charge is 0.203 e. The number of halogens is 2. The topological polar surface area (TPSA) is 52.9 Å². The van der Waals surface area contributed by atoms with Gasteiger partial charge < -0.3 is 19.4 Å². The van der Waals surface area contributed by atoms with E-state index in [1.807, 2.05) is 0 Å². The summed E-state index contributed by atoms with van der Waals surface area (Å²) in [6.07, 6.45) is 0. The number of methoxy groups -OCH3 is 3. The van der Waals surface area contributed by atoms with Crippen LogP contribution in [0.5, 0.6) is 17.2 Å². The minimum Gasteiger partial charge on any atom is -0.493 e. The van der Waals surface area contributed by atoms with Gasteiger partial charge in [0.25, 0.3) is 0 Å². The number of ether oxygens (including phenoxy) is 3. The molecule has 1 aromatic heterocycles. The Morgan fingerprint density at radius 3 is 2.05 bits per heavy atom. The average molecular weight is 332 g/mol. The molecule has 0 fully saturated rings. The number of hydrogen-bond acceptors (Lipinski definition) is 4. The van der Waals surface area contributed by atoms with Crippen molar-refractivity contribution in [3.63, 3.8) is 0 Å². The molecule has 0 unspecified atom stereocenters. The third-order valence-corrected chi connectivity index (χ3v) is 4.03. The molecule has 0 amide bonds. The summed E-state index contributed by atoms with van der Waals surface area (Å²) < 4.78 is 16.8. The van der Waals surface area contributed by atoms with Crippen LogP contribution < -0.4 is 14.2 Å². The van der Waals surface area contributed by atoms with Crippen molar-refractivity contribution in [3.05, 3.63) is 28.0 Å². The van der Waals surface area contributed by atoms with E-state index in [-0.39, 0.29) is 5.15 Å². The van der Waals surface area contributed by atoms with Crippen LogP contribution in [0.25, 0.3) is 11.1 Å². The van der Waals surface area contributed by atoms with E-state index in [0.717, 1.165) is 4.73 Å². The van der Waals surface area contributed by atoms with Gasteiger partial charge >= 0.3 is 0 Å². The first-order chi connectivity index (χ1) is 9.97. The van der Waals surface area contributed by atoms with Crippen molar-refractivity contribution in [2.75, 3.05) is 21.3 Å². The normalized spacial score (nSPS) is 10.6. The molecule has 7 heteroatoms. The fourth-order valence-corrected chi connectivity index (χ4v) is 2.79. The van der Waals surface area contributed by atoms with Crippen LogP contribution in [-0.4, -0.2) is 31.3 Å². The number of hydrogen-bond donors (Lipinski definition) is 1. The van der Waals surface area contributed by atoms with Crippen LogP contribution in [-0.2, 0) is 0 Å². The first-order valence-corrected chi connectivity index (χ1v) is 6.78. The molecule has 0 spiro atoms. The number of nitrogens with zero attached hydrogens (tertiary/aromatic N) is 1. The van der Waals surface area contributed by atoms with Gasteiger partial charge in [-0.1, -0.05) is 23.2 Å². The quantitative estimate of drug-likeness (QED) is 0.859. The Kier molecular flexibility index (Phi) is 4.44. The molecule has 0 bridgehead atoms. The molecule has 21 heavy (non-hydrogen) atoms. The van der Waals surface area contributed by atoms with E-state index >= 15 is 0 Å². The zero-order valence-electron chi connectivity index (χ0n) is 12.0. The highest BCUT2D eigenvalue weighted by molar-refractivity contribution is 6.39. The highest BCUT2D eigenvalue weighted by Gasteiger charge is 2.25. The van der Waals surface area contributed by atoms with Crippen LogP contribution in [0.3, 0.4) is 0 Å². The average Bonchev–Trinajstić information content (AvgIpc) is 2.69. The first kappa shape index (κ1) is 15.7. The molecule has 0 aliphatic rings. The summed E-state index contributed by atoms with van der Waals surface area (Å²) in [5.41, 5.74) is 1.51. The number of aromatic nitrogens is 1. The molecule has 5 nitrogen and oxygen atoms in total. The molecule has 0 radical (unpaired) electrons. The fourth-order valence-electron chi connectivity index (χ4n) is 2.15. The molecule has 1 aromatic carbocycles. The Bertz CT molecular complexity index is 657. The molecule has 2 rings (SSSR count). The zero-order chi connectivity index (χ0) is 15.7. The third-order valence-electron chi connectivity index (χ3n) is 3.22. The van der Waals surface area contributed by atoms with Gasteiger partial charge in [-0.05, 0) is 19.1 Å². The van der Waals surface area contributed by atoms with E-state index in [9.17, 15) is 5.21 Å². The van der Waals surface area contributed by atoms with Gasteiger partial charge in [-0.25, -0.2) is 0 Å². The van der Waals surface area contributed by atoms with Crippen LogP contribution in [0.2, 0.25) is 10.2 Å². The lowest BCUT2D eigenvalue weighted by Gasteiger charge is -2.15. The van der Waals surface area contributed by atoms with Crippen LogP contribution >= 0.6 is 23.2 Å². The predicted molar refractivity (Wildman–Crippen MR) is 81.5 cm³/mol. The van der Waals surface area contributed by atoms with Crippen molar-refractivity contribution in [1.29, 1.82) is 0 Å². The lowest BCUT2D eigenvalue weighted by Crippen LogP contribution is -1.97. The van der Waals surface area contributed by atoms with Crippen LogP contribution in [0, 0.1) is 6.92 Å². The monoisotopic (exact) mass is 331 g/mol. The predicted octanol–water partition coefficient (Wildman–Crippen LogP) is 4.03. The van der Waals surface area contributed by atoms with Crippen LogP contribution in [0.4, 0.5) is 0 Å². The minimum absolute atomic E-state index is 0.100. The maximum Gasteiger partial charge on any atom is 0.203 e. The molecular formula is C14H15Cl2NO4. The Balaban J connectivity index is 2.79. The van der Waals surface area contributed by atoms with Crippen molar-refractivity contribution < 1.29 is 19.4 Å². The van der Waals surface area contributed by atoms with E-state index in [4.69, 9.17) is 37.4 Å². The van der Waals surface area contributed by atoms with E-state index in [1.165, 1.54) is 21.3 Å². The van der Waals surface area contributed by atoms with Crippen molar-refractivity contribution in [3.8, 4) is 28.4 Å². The number of rotatable bonds is 4. The molecular weight excluding hydrogens is 317 g/mol. The lowest BCUT2D eigenvalue weighted by molar-refractivity contribution is 0.182. The van der Waals surface area contributed by atoms with Gasteiger partial charge in [0.1, 0.15) is 0 Å². The highest BCUT2D eigenvalue weighted by Crippen LogP contribution is 2.49. The van der Waals surface area contributed by atoms with Crippen LogP contribution in [0.1, 0.15) is 5.69 Å². The van der Waals surface area contributed by atoms with Gasteiger partial charge in [-0.2, -0.15) is 4.73 Å². The molecule has 0 saturated carbocycles. The second kappa shape index (κ2) is 5.95. The van der Waals surface area contributed by atoms with Crippen molar-refractivity contribution in [2.45, 2.75) is 6.92 Å². The molecule has 0 aliphatic heterocycles. The molecule has 0 saturated heterocycles. The molecule has 0 atom stereocenters. The molecule has 114 valence electrons. The standard InChI is InChI=1S/C14H15Cl2NO4/c1-7-11(15)10(14(16)17(7)18)8-5-6-9(19-2)13(21-4)12(8)20-3/h5-6,18H,1-4H3. The Morgan fingerprint density at radius 1 is 1.00 bits per heavy atom. The first-order valence-electron chi connectivity index (χ1n) is 6.02. The molecule has 1 N–H and O–H groups in total. The minimum atomic E-state index is 0.100. The van der Waals surface area contributed by atoms with Gasteiger partial charge in [0, 0.05) is 11.1 Å². The summed E-state index contributed by atoms with van der Waals surface area (Å²) >= 11 is 12.4. The van der Waals surface area contributed by atoms with Crippen molar-refractivity contribution >= 4 is 23.2 Å². The van der Waals surface area contributed by atoms with Gasteiger partial charge in [0.15, 0.2) is 16.7 Å². The maximum atomic E-state index is 9.86. The van der Waals surface area contributed by atoms with Gasteiger partial charge in [-0.3, -0.25) is 0 Å². The van der Waals surface area contributed by atoms with Gasteiger partial charge in [0.2, 0.25) is 5.75 Å². The van der Waals surface area contributed by atoms with Crippen molar-refractivity contribution in [1.82, 2.24) is 4.73 Å². The third kappa shape index (κ3) is 2.36. The Labute approximate surface area is 132 Å². The molecule has 2 aromatic rings.